The van der Waals surface area contributed by atoms with Crippen molar-refractivity contribution in [2.24, 2.45) is 0 Å². The van der Waals surface area contributed by atoms with Crippen LogP contribution < -0.4 is 4.90 Å². The van der Waals surface area contributed by atoms with Gasteiger partial charge in [0.15, 0.2) is 0 Å². The van der Waals surface area contributed by atoms with E-state index in [4.69, 9.17) is 9.97 Å². The molecule has 2 heterocycles. The second-order valence-electron chi connectivity index (χ2n) is 15.4. The third-order valence-corrected chi connectivity index (χ3v) is 9.31. The van der Waals surface area contributed by atoms with Gasteiger partial charge in [0.2, 0.25) is 0 Å². The predicted octanol–water partition coefficient (Wildman–Crippen LogP) is 11.7. The number of phenols is 1. The van der Waals surface area contributed by atoms with Gasteiger partial charge in [-0.1, -0.05) is 122 Å². The molecule has 0 aliphatic carbocycles. The number of phenolic OH excluding ortho intramolecular Hbond substituents is 1. The zero-order valence-electron chi connectivity index (χ0n) is 30.2. The van der Waals surface area contributed by atoms with Crippen LogP contribution in [-0.4, -0.2) is 15.1 Å². The van der Waals surface area contributed by atoms with Crippen LogP contribution in [0.5, 0.6) is 5.75 Å². The second kappa shape index (κ2) is 14.4. The Hall–Kier alpha value is -4.53. The molecule has 0 spiro atoms. The molecule has 258 valence electrons. The van der Waals surface area contributed by atoms with Crippen molar-refractivity contribution in [3.8, 4) is 28.3 Å². The summed E-state index contributed by atoms with van der Waals surface area (Å²) in [6.07, 6.45) is 1.82. The number of benzene rings is 4. The van der Waals surface area contributed by atoms with Gasteiger partial charge in [0.05, 0.1) is 5.69 Å². The Morgan fingerprint density at radius 3 is 1.80 bits per heavy atom. The number of aromatic nitrogens is 2. The van der Waals surface area contributed by atoms with Crippen LogP contribution in [0.25, 0.3) is 22.5 Å². The maximum atomic E-state index is 11.3. The molecule has 0 aliphatic heterocycles. The van der Waals surface area contributed by atoms with Crippen LogP contribution in [0.3, 0.4) is 0 Å². The van der Waals surface area contributed by atoms with Gasteiger partial charge in [-0.05, 0) is 81.4 Å². The van der Waals surface area contributed by atoms with E-state index in [1.165, 1.54) is 5.56 Å². The minimum absolute atomic E-state index is 0. The zero-order valence-corrected chi connectivity index (χ0v) is 32.5. The van der Waals surface area contributed by atoms with Crippen molar-refractivity contribution in [1.82, 2.24) is 9.97 Å². The Labute approximate surface area is 312 Å². The SMILES string of the molecule is CC(C)(C)c1cc(-c2cc(C(C)(C)C)cc(-c3cc(C(C)(C)c4ccccc4)ccc3O)n2)[c-]c(N(c2ccccc2)c2ccccn2)c1.[Pt]. The van der Waals surface area contributed by atoms with E-state index in [2.05, 4.69) is 133 Å². The van der Waals surface area contributed by atoms with Crippen molar-refractivity contribution in [3.63, 3.8) is 0 Å². The summed E-state index contributed by atoms with van der Waals surface area (Å²) in [7, 11) is 0. The van der Waals surface area contributed by atoms with Gasteiger partial charge < -0.3 is 10.0 Å². The van der Waals surface area contributed by atoms with E-state index in [0.29, 0.717) is 5.56 Å². The van der Waals surface area contributed by atoms with E-state index >= 15 is 0 Å². The molecule has 0 aliphatic rings. The van der Waals surface area contributed by atoms with Crippen LogP contribution in [0.1, 0.15) is 77.6 Å². The van der Waals surface area contributed by atoms with E-state index < -0.39 is 0 Å². The number of para-hydroxylation sites is 1. The minimum atomic E-state index is -0.274. The molecule has 0 radical (unpaired) electrons. The molecule has 6 rings (SSSR count). The molecule has 6 aromatic rings. The maximum Gasteiger partial charge on any atom is 0.136 e. The van der Waals surface area contributed by atoms with Gasteiger partial charge in [-0.2, -0.15) is 0 Å². The first-order valence-corrected chi connectivity index (χ1v) is 17.0. The van der Waals surface area contributed by atoms with Crippen molar-refractivity contribution >= 4 is 17.2 Å². The van der Waals surface area contributed by atoms with Crippen molar-refractivity contribution in [2.45, 2.75) is 71.6 Å². The van der Waals surface area contributed by atoms with Crippen LogP contribution >= 0.6 is 0 Å². The molecule has 4 aromatic carbocycles. The predicted molar refractivity (Wildman–Crippen MR) is 204 cm³/mol. The molecular weight excluding hydrogens is 794 g/mol. The molecule has 0 unspecified atom stereocenters. The molecule has 0 atom stereocenters. The smallest absolute Gasteiger partial charge is 0.136 e. The number of hydrogen-bond acceptors (Lipinski definition) is 4. The minimum Gasteiger partial charge on any atom is -0.507 e. The van der Waals surface area contributed by atoms with E-state index in [1.807, 2.05) is 54.7 Å². The monoisotopic (exact) mass is 839 g/mol. The van der Waals surface area contributed by atoms with Gasteiger partial charge in [-0.3, -0.25) is 4.98 Å². The topological polar surface area (TPSA) is 49.3 Å². The van der Waals surface area contributed by atoms with Crippen LogP contribution in [0.4, 0.5) is 17.2 Å². The summed E-state index contributed by atoms with van der Waals surface area (Å²) in [5.41, 5.74) is 9.00. The van der Waals surface area contributed by atoms with Gasteiger partial charge in [-0.15, -0.1) is 29.3 Å². The molecule has 0 amide bonds. The average molecular weight is 840 g/mol. The summed E-state index contributed by atoms with van der Waals surface area (Å²) in [5.74, 6) is 1.01. The fraction of sp³-hybridized carbons (Fsp3) is 0.244. The molecule has 1 N–H and O–H groups in total. The van der Waals surface area contributed by atoms with Crippen LogP contribution in [0.2, 0.25) is 0 Å². The first-order valence-electron chi connectivity index (χ1n) is 17.0. The molecule has 4 nitrogen and oxygen atoms in total. The largest absolute Gasteiger partial charge is 0.507 e. The Bertz CT molecular complexity index is 2020. The molecule has 2 aromatic heterocycles. The van der Waals surface area contributed by atoms with E-state index in [-0.39, 0.29) is 43.1 Å². The standard InChI is InChI=1S/C45H46N3O.Pt/c1-43(2,3)34-25-31(26-37(27-34)48(36-19-13-10-14-20-36)42-21-15-16-24-46-42)39-29-35(44(4,5)6)30-40(47-39)38-28-33(22-23-41(38)49)45(7,8)32-17-11-9-12-18-32;/h9-25,27-30,49H,1-8H3;/q-1;. The van der Waals surface area contributed by atoms with E-state index in [9.17, 15) is 5.11 Å². The summed E-state index contributed by atoms with van der Waals surface area (Å²) in [5, 5.41) is 11.3. The van der Waals surface area contributed by atoms with Crippen molar-refractivity contribution in [3.05, 3.63) is 156 Å². The zero-order chi connectivity index (χ0) is 35.0. The Morgan fingerprint density at radius 1 is 0.580 bits per heavy atom. The first kappa shape index (κ1) is 36.7. The third-order valence-electron chi connectivity index (χ3n) is 9.31. The third kappa shape index (κ3) is 7.77. The summed E-state index contributed by atoms with van der Waals surface area (Å²) in [4.78, 5) is 12.2. The van der Waals surface area contributed by atoms with Gasteiger partial charge in [0.25, 0.3) is 0 Å². The number of anilines is 3. The molecule has 0 bridgehead atoms. The summed E-state index contributed by atoms with van der Waals surface area (Å²) in [6.45, 7) is 17.8. The summed E-state index contributed by atoms with van der Waals surface area (Å²) >= 11 is 0. The fourth-order valence-electron chi connectivity index (χ4n) is 6.09. The second-order valence-corrected chi connectivity index (χ2v) is 15.4. The quantitative estimate of drug-likeness (QED) is 0.163. The number of rotatable bonds is 7. The van der Waals surface area contributed by atoms with Gasteiger partial charge in [-0.25, -0.2) is 4.98 Å². The molecule has 0 saturated carbocycles. The van der Waals surface area contributed by atoms with Crippen molar-refractivity contribution < 1.29 is 26.2 Å². The Balaban J connectivity index is 0.00000486. The van der Waals surface area contributed by atoms with Crippen LogP contribution in [0.15, 0.2) is 128 Å². The molecule has 0 saturated heterocycles. The van der Waals surface area contributed by atoms with E-state index in [0.717, 1.165) is 50.8 Å². The van der Waals surface area contributed by atoms with Gasteiger partial charge in [0, 0.05) is 43.9 Å². The summed E-state index contributed by atoms with van der Waals surface area (Å²) in [6, 6.07) is 45.1. The van der Waals surface area contributed by atoms with Crippen LogP contribution in [-0.2, 0) is 37.3 Å². The van der Waals surface area contributed by atoms with Crippen molar-refractivity contribution in [1.29, 1.82) is 0 Å². The fourth-order valence-corrected chi connectivity index (χ4v) is 6.09. The van der Waals surface area contributed by atoms with Crippen LogP contribution in [0, 0.1) is 6.07 Å². The Morgan fingerprint density at radius 2 is 1.18 bits per heavy atom. The van der Waals surface area contributed by atoms with E-state index in [1.54, 1.807) is 6.07 Å². The molecular formula is C45H46N3OPt-. The number of pyridine rings is 2. The first-order chi connectivity index (χ1) is 23.2. The average Bonchev–Trinajstić information content (AvgIpc) is 3.09. The van der Waals surface area contributed by atoms with Gasteiger partial charge in [0.1, 0.15) is 11.6 Å². The summed E-state index contributed by atoms with van der Waals surface area (Å²) < 4.78 is 0. The molecule has 50 heavy (non-hydrogen) atoms. The van der Waals surface area contributed by atoms with Crippen molar-refractivity contribution in [2.75, 3.05) is 4.90 Å². The number of nitrogens with zero attached hydrogens (tertiary/aromatic N) is 3. The number of aromatic hydroxyl groups is 1. The normalized spacial score (nSPS) is 11.9. The maximum absolute atomic E-state index is 11.3. The molecule has 5 heteroatoms. The number of hydrogen-bond donors (Lipinski definition) is 1. The Kier molecular flexibility index (Phi) is 10.6. The molecule has 0 fully saturated rings. The van der Waals surface area contributed by atoms with Gasteiger partial charge >= 0.3 is 0 Å².